The molecule has 0 unspecified atom stereocenters. The van der Waals surface area contributed by atoms with Crippen molar-refractivity contribution in [2.75, 3.05) is 0 Å². The largest absolute Gasteiger partial charge is 1.00 e. The minimum Gasteiger partial charge on any atom is -0.545 e. The van der Waals surface area contributed by atoms with Gasteiger partial charge >= 0.3 is 51.4 Å². The monoisotopic (exact) mass is 369 g/mol. The van der Waals surface area contributed by atoms with E-state index in [1.807, 2.05) is 6.92 Å². The van der Waals surface area contributed by atoms with Crippen molar-refractivity contribution in [3.63, 3.8) is 0 Å². The Bertz CT molecular complexity index is 829. The number of rotatable bonds is 2. The molecule has 2 heterocycles. The van der Waals surface area contributed by atoms with E-state index >= 15 is 0 Å². The number of fused-ring (bicyclic) bond motifs is 1. The molecule has 3 rings (SSSR count). The Labute approximate surface area is 172 Å². The van der Waals surface area contributed by atoms with E-state index in [2.05, 4.69) is 20.9 Å². The minimum atomic E-state index is -1.23. The third-order valence-electron chi connectivity index (χ3n) is 2.98. The van der Waals surface area contributed by atoms with E-state index in [1.165, 1.54) is 6.07 Å². The van der Waals surface area contributed by atoms with Gasteiger partial charge in [-0.05, 0) is 37.3 Å². The van der Waals surface area contributed by atoms with Crippen molar-refractivity contribution >= 4 is 32.8 Å². The van der Waals surface area contributed by atoms with Gasteiger partial charge in [0.2, 0.25) is 0 Å². The number of furan rings is 1. The Morgan fingerprint density at radius 2 is 2.00 bits per heavy atom. The van der Waals surface area contributed by atoms with E-state index in [-0.39, 0.29) is 56.9 Å². The molecule has 0 atom stereocenters. The maximum absolute atomic E-state index is 11.3. The van der Waals surface area contributed by atoms with Gasteiger partial charge in [-0.15, -0.1) is 0 Å². The molecule has 0 saturated heterocycles. The fraction of sp³-hybridized carbons (Fsp3) is 0.0667. The Morgan fingerprint density at radius 1 is 1.24 bits per heavy atom. The van der Waals surface area contributed by atoms with E-state index in [4.69, 9.17) is 4.42 Å². The van der Waals surface area contributed by atoms with Crippen molar-refractivity contribution in [2.24, 2.45) is 0 Å². The molecule has 4 nitrogen and oxygen atoms in total. The summed E-state index contributed by atoms with van der Waals surface area (Å²) in [6, 6.07) is 10.3. The van der Waals surface area contributed by atoms with Gasteiger partial charge in [0, 0.05) is 15.4 Å². The van der Waals surface area contributed by atoms with Crippen molar-refractivity contribution < 1.29 is 65.7 Å². The number of hydrogen-bond donors (Lipinski definition) is 0. The number of carbonyl (C=O) groups is 1. The molecule has 0 amide bonds. The van der Waals surface area contributed by atoms with Gasteiger partial charge in [-0.25, -0.2) is 4.98 Å². The molecular weight excluding hydrogens is 361 g/mol. The van der Waals surface area contributed by atoms with Crippen LogP contribution in [0, 0.1) is 6.92 Å². The Balaban J connectivity index is 0.00000161. The summed E-state index contributed by atoms with van der Waals surface area (Å²) >= 11 is 3.35. The summed E-state index contributed by atoms with van der Waals surface area (Å²) < 4.78 is 6.32. The number of aromatic carboxylic acids is 1. The van der Waals surface area contributed by atoms with Crippen LogP contribution in [0.5, 0.6) is 0 Å². The Morgan fingerprint density at radius 3 is 2.62 bits per heavy atom. The van der Waals surface area contributed by atoms with E-state index < -0.39 is 5.97 Å². The summed E-state index contributed by atoms with van der Waals surface area (Å²) in [6.45, 7) is 1.82. The molecular formula is C15H9BrKNO3. The molecule has 0 fully saturated rings. The van der Waals surface area contributed by atoms with Crippen molar-refractivity contribution in [3.05, 3.63) is 52.2 Å². The fourth-order valence-electron chi connectivity index (χ4n) is 2.07. The van der Waals surface area contributed by atoms with E-state index in [0.29, 0.717) is 22.4 Å². The van der Waals surface area contributed by atoms with Crippen LogP contribution >= 0.6 is 15.9 Å². The van der Waals surface area contributed by atoms with Crippen LogP contribution in [0.2, 0.25) is 0 Å². The number of nitrogens with zero attached hydrogens (tertiary/aromatic N) is 1. The van der Waals surface area contributed by atoms with Gasteiger partial charge < -0.3 is 14.3 Å². The molecule has 0 saturated carbocycles. The molecule has 2 aromatic heterocycles. The normalized spacial score (nSPS) is 10.4. The van der Waals surface area contributed by atoms with Gasteiger partial charge in [-0.2, -0.15) is 0 Å². The standard InChI is InChI=1S/C15H10BrNO3.K/c1-8-2-5-14(20-8)13-7-11(15(18)19)10-4-3-9(16)6-12(10)17-13;/h2-7H,1H3,(H,18,19);/q;+1/p-1. The third-order valence-corrected chi connectivity index (χ3v) is 3.48. The number of halogens is 1. The predicted molar refractivity (Wildman–Crippen MR) is 76.2 cm³/mol. The second-order valence-corrected chi connectivity index (χ2v) is 5.33. The number of pyridine rings is 1. The summed E-state index contributed by atoms with van der Waals surface area (Å²) in [5.41, 5.74) is 1.15. The molecule has 0 aliphatic rings. The number of aromatic nitrogens is 1. The van der Waals surface area contributed by atoms with Gasteiger partial charge in [-0.3, -0.25) is 0 Å². The second-order valence-electron chi connectivity index (χ2n) is 4.41. The van der Waals surface area contributed by atoms with Crippen LogP contribution in [0.3, 0.4) is 0 Å². The van der Waals surface area contributed by atoms with Crippen LogP contribution in [0.15, 0.2) is 45.3 Å². The zero-order chi connectivity index (χ0) is 14.3. The topological polar surface area (TPSA) is 66.2 Å². The zero-order valence-corrected chi connectivity index (χ0v) is 16.2. The van der Waals surface area contributed by atoms with Crippen LogP contribution in [0.4, 0.5) is 0 Å². The maximum atomic E-state index is 11.3. The second kappa shape index (κ2) is 6.72. The van der Waals surface area contributed by atoms with Crippen LogP contribution in [-0.4, -0.2) is 11.0 Å². The molecule has 0 N–H and O–H groups in total. The summed E-state index contributed by atoms with van der Waals surface area (Å²) in [6.07, 6.45) is 0. The first-order valence-corrected chi connectivity index (χ1v) is 6.72. The van der Waals surface area contributed by atoms with Gasteiger partial charge in [0.05, 0.1) is 11.5 Å². The quantitative estimate of drug-likeness (QED) is 0.593. The summed E-state index contributed by atoms with van der Waals surface area (Å²) in [5, 5.41) is 11.8. The molecule has 1 aromatic carbocycles. The van der Waals surface area contributed by atoms with Gasteiger partial charge in [0.15, 0.2) is 5.76 Å². The summed E-state index contributed by atoms with van der Waals surface area (Å²) in [4.78, 5) is 15.8. The molecule has 0 bridgehead atoms. The van der Waals surface area contributed by atoms with E-state index in [0.717, 1.165) is 10.2 Å². The molecule has 0 aliphatic carbocycles. The molecule has 21 heavy (non-hydrogen) atoms. The number of carboxylic acid groups (broad SMARTS) is 1. The zero-order valence-electron chi connectivity index (χ0n) is 11.5. The van der Waals surface area contributed by atoms with Crippen LogP contribution in [0.25, 0.3) is 22.4 Å². The number of benzene rings is 1. The Kier molecular flexibility index (Phi) is 5.40. The van der Waals surface area contributed by atoms with Gasteiger partial charge in [0.1, 0.15) is 11.5 Å². The van der Waals surface area contributed by atoms with Gasteiger partial charge in [-0.1, -0.05) is 22.0 Å². The third kappa shape index (κ3) is 3.47. The van der Waals surface area contributed by atoms with E-state index in [9.17, 15) is 9.90 Å². The molecule has 3 aromatic rings. The Hall–Kier alpha value is -0.504. The predicted octanol–water partition coefficient (Wildman–Crippen LogP) is -0.0668. The first-order chi connectivity index (χ1) is 9.54. The average molecular weight is 370 g/mol. The van der Waals surface area contributed by atoms with Gasteiger partial charge in [0.25, 0.3) is 0 Å². The molecule has 0 aliphatic heterocycles. The smallest absolute Gasteiger partial charge is 0.545 e. The first-order valence-electron chi connectivity index (χ1n) is 5.93. The molecule has 0 spiro atoms. The van der Waals surface area contributed by atoms with E-state index in [1.54, 1.807) is 30.3 Å². The maximum Gasteiger partial charge on any atom is 1.00 e. The van der Waals surface area contributed by atoms with Crippen molar-refractivity contribution in [3.8, 4) is 11.5 Å². The van der Waals surface area contributed by atoms with Crippen molar-refractivity contribution in [2.45, 2.75) is 6.92 Å². The molecule has 6 heteroatoms. The van der Waals surface area contributed by atoms with Crippen molar-refractivity contribution in [1.82, 2.24) is 4.98 Å². The first kappa shape index (κ1) is 16.9. The number of carbonyl (C=O) groups excluding carboxylic acids is 1. The van der Waals surface area contributed by atoms with Crippen LogP contribution in [-0.2, 0) is 0 Å². The van der Waals surface area contributed by atoms with Crippen LogP contribution < -0.4 is 56.5 Å². The minimum absolute atomic E-state index is 0. The van der Waals surface area contributed by atoms with Crippen LogP contribution in [0.1, 0.15) is 16.1 Å². The number of carboxylic acids is 1. The number of hydrogen-bond acceptors (Lipinski definition) is 4. The molecule has 100 valence electrons. The average Bonchev–Trinajstić information content (AvgIpc) is 2.83. The summed E-state index contributed by atoms with van der Waals surface area (Å²) in [7, 11) is 0. The SMILES string of the molecule is Cc1ccc(-c2cc(C(=O)[O-])c3ccc(Br)cc3n2)o1.[K+]. The summed E-state index contributed by atoms with van der Waals surface area (Å²) in [5.74, 6) is 0.0438. The fourth-order valence-corrected chi connectivity index (χ4v) is 2.42. The number of aryl methyl sites for hydroxylation is 1. The van der Waals surface area contributed by atoms with Crippen molar-refractivity contribution in [1.29, 1.82) is 0 Å². The molecule has 0 radical (unpaired) electrons.